The van der Waals surface area contributed by atoms with Crippen molar-refractivity contribution in [3.8, 4) is 11.8 Å². The van der Waals surface area contributed by atoms with Gasteiger partial charge in [-0.3, -0.25) is 0 Å². The zero-order valence-corrected chi connectivity index (χ0v) is 5.94. The van der Waals surface area contributed by atoms with Crippen LogP contribution in [0, 0.1) is 11.8 Å². The molecular formula is C8H12O. The van der Waals surface area contributed by atoms with Crippen LogP contribution >= 0.6 is 0 Å². The lowest BCUT2D eigenvalue weighted by Crippen LogP contribution is -1.77. The number of aliphatic hydroxyl groups excluding tert-OH is 1. The first-order chi connectivity index (χ1) is 4.31. The van der Waals surface area contributed by atoms with E-state index in [0.717, 1.165) is 5.57 Å². The molecule has 50 valence electrons. The van der Waals surface area contributed by atoms with Gasteiger partial charge in [0.1, 0.15) is 0 Å². The molecule has 1 nitrogen and oxygen atoms in total. The fourth-order valence-electron chi connectivity index (χ4n) is 0.529. The van der Waals surface area contributed by atoms with E-state index in [1.54, 1.807) is 6.92 Å². The predicted molar refractivity (Wildman–Crippen MR) is 38.9 cm³/mol. The number of hydrogen-bond acceptors (Lipinski definition) is 1. The van der Waals surface area contributed by atoms with Gasteiger partial charge in [0.15, 0.2) is 0 Å². The van der Waals surface area contributed by atoms with Crippen LogP contribution in [-0.4, -0.2) is 11.7 Å². The van der Waals surface area contributed by atoms with Gasteiger partial charge in [-0.15, -0.1) is 5.92 Å². The van der Waals surface area contributed by atoms with Crippen molar-refractivity contribution in [1.29, 1.82) is 0 Å². The third-order valence-electron chi connectivity index (χ3n) is 0.902. The summed E-state index contributed by atoms with van der Waals surface area (Å²) in [6, 6.07) is 0. The molecule has 0 radical (unpaired) electrons. The molecule has 0 unspecified atom stereocenters. The maximum atomic E-state index is 8.39. The molecule has 0 aliphatic carbocycles. The lowest BCUT2D eigenvalue weighted by Gasteiger charge is -1.85. The summed E-state index contributed by atoms with van der Waals surface area (Å²) in [5.74, 6) is 5.66. The van der Waals surface area contributed by atoms with Crippen LogP contribution in [0.15, 0.2) is 11.6 Å². The number of hydrogen-bond donors (Lipinski definition) is 1. The molecule has 0 spiro atoms. The molecular weight excluding hydrogens is 112 g/mol. The summed E-state index contributed by atoms with van der Waals surface area (Å²) in [5.41, 5.74) is 1.03. The van der Waals surface area contributed by atoms with Crippen LogP contribution in [-0.2, 0) is 0 Å². The molecule has 0 rings (SSSR count). The number of aliphatic hydroxyl groups is 1. The Hall–Kier alpha value is -0.740. The first kappa shape index (κ1) is 8.26. The van der Waals surface area contributed by atoms with E-state index >= 15 is 0 Å². The van der Waals surface area contributed by atoms with Crippen molar-refractivity contribution in [2.24, 2.45) is 0 Å². The van der Waals surface area contributed by atoms with Gasteiger partial charge in [0.25, 0.3) is 0 Å². The minimum absolute atomic E-state index is 0.211. The molecule has 0 heterocycles. The highest BCUT2D eigenvalue weighted by Gasteiger charge is 1.78. The first-order valence-corrected chi connectivity index (χ1v) is 3.01. The fourth-order valence-corrected chi connectivity index (χ4v) is 0.529. The van der Waals surface area contributed by atoms with E-state index in [1.807, 2.05) is 13.0 Å². The van der Waals surface area contributed by atoms with E-state index in [0.29, 0.717) is 6.42 Å². The highest BCUT2D eigenvalue weighted by Crippen LogP contribution is 1.91. The molecule has 0 aromatic heterocycles. The van der Waals surface area contributed by atoms with E-state index in [4.69, 9.17) is 5.11 Å². The third-order valence-corrected chi connectivity index (χ3v) is 0.902. The highest BCUT2D eigenvalue weighted by molar-refractivity contribution is 5.25. The zero-order valence-electron chi connectivity index (χ0n) is 5.94. The van der Waals surface area contributed by atoms with Gasteiger partial charge in [-0.25, -0.2) is 0 Å². The van der Waals surface area contributed by atoms with Gasteiger partial charge in [-0.05, 0) is 25.8 Å². The highest BCUT2D eigenvalue weighted by atomic mass is 16.2. The van der Waals surface area contributed by atoms with Crippen molar-refractivity contribution < 1.29 is 5.11 Å². The standard InChI is InChI=1S/C8H12O/c1-3-5-8(2)6-4-7-9/h6,9H,4,7H2,1-2H3/b8-6+. The Morgan fingerprint density at radius 3 is 2.78 bits per heavy atom. The maximum Gasteiger partial charge on any atom is 0.0465 e. The largest absolute Gasteiger partial charge is 0.396 e. The van der Waals surface area contributed by atoms with Crippen LogP contribution in [0.5, 0.6) is 0 Å². The zero-order chi connectivity index (χ0) is 7.11. The van der Waals surface area contributed by atoms with Gasteiger partial charge in [0.05, 0.1) is 0 Å². The molecule has 0 aliphatic rings. The lowest BCUT2D eigenvalue weighted by molar-refractivity contribution is 0.302. The van der Waals surface area contributed by atoms with Gasteiger partial charge in [-0.2, -0.15) is 0 Å². The van der Waals surface area contributed by atoms with Crippen LogP contribution < -0.4 is 0 Å². The second-order valence-corrected chi connectivity index (χ2v) is 1.77. The average Bonchev–Trinajstić information content (AvgIpc) is 1.85. The molecule has 0 saturated carbocycles. The summed E-state index contributed by atoms with van der Waals surface area (Å²) in [6.07, 6.45) is 2.64. The molecule has 1 N–H and O–H groups in total. The molecule has 1 heteroatoms. The SMILES string of the molecule is CC#C/C(C)=C/CCO. The van der Waals surface area contributed by atoms with Gasteiger partial charge in [0.2, 0.25) is 0 Å². The van der Waals surface area contributed by atoms with Gasteiger partial charge < -0.3 is 5.11 Å². The van der Waals surface area contributed by atoms with Gasteiger partial charge in [-0.1, -0.05) is 12.0 Å². The van der Waals surface area contributed by atoms with E-state index in [9.17, 15) is 0 Å². The molecule has 0 bridgehead atoms. The van der Waals surface area contributed by atoms with Crippen molar-refractivity contribution >= 4 is 0 Å². The first-order valence-electron chi connectivity index (χ1n) is 3.01. The van der Waals surface area contributed by atoms with Crippen LogP contribution in [0.1, 0.15) is 20.3 Å². The van der Waals surface area contributed by atoms with Crippen molar-refractivity contribution in [2.75, 3.05) is 6.61 Å². The quantitative estimate of drug-likeness (QED) is 0.551. The average molecular weight is 124 g/mol. The fraction of sp³-hybridized carbons (Fsp3) is 0.500. The normalized spacial score (nSPS) is 10.3. The van der Waals surface area contributed by atoms with Crippen molar-refractivity contribution in [3.63, 3.8) is 0 Å². The Morgan fingerprint density at radius 2 is 2.33 bits per heavy atom. The molecule has 0 aromatic carbocycles. The van der Waals surface area contributed by atoms with Gasteiger partial charge in [0, 0.05) is 6.61 Å². The molecule has 0 aromatic rings. The maximum absolute atomic E-state index is 8.39. The monoisotopic (exact) mass is 124 g/mol. The van der Waals surface area contributed by atoms with Gasteiger partial charge >= 0.3 is 0 Å². The summed E-state index contributed by atoms with van der Waals surface area (Å²) in [6.45, 7) is 3.95. The Balaban J connectivity index is 3.65. The molecule has 9 heavy (non-hydrogen) atoms. The second kappa shape index (κ2) is 5.40. The molecule has 0 amide bonds. The van der Waals surface area contributed by atoms with Crippen LogP contribution in [0.2, 0.25) is 0 Å². The van der Waals surface area contributed by atoms with E-state index in [1.165, 1.54) is 0 Å². The van der Waals surface area contributed by atoms with E-state index < -0.39 is 0 Å². The summed E-state index contributed by atoms with van der Waals surface area (Å²) < 4.78 is 0. The van der Waals surface area contributed by atoms with Crippen LogP contribution in [0.4, 0.5) is 0 Å². The Bertz CT molecular complexity index is 146. The van der Waals surface area contributed by atoms with Crippen molar-refractivity contribution in [2.45, 2.75) is 20.3 Å². The molecule has 0 aliphatic heterocycles. The topological polar surface area (TPSA) is 20.2 Å². The minimum atomic E-state index is 0.211. The lowest BCUT2D eigenvalue weighted by atomic mass is 10.2. The third kappa shape index (κ3) is 5.13. The Morgan fingerprint density at radius 1 is 1.67 bits per heavy atom. The smallest absolute Gasteiger partial charge is 0.0465 e. The minimum Gasteiger partial charge on any atom is -0.396 e. The van der Waals surface area contributed by atoms with Crippen molar-refractivity contribution in [3.05, 3.63) is 11.6 Å². The summed E-state index contributed by atoms with van der Waals surface area (Å²) in [7, 11) is 0. The molecule has 0 atom stereocenters. The summed E-state index contributed by atoms with van der Waals surface area (Å²) >= 11 is 0. The Kier molecular flexibility index (Phi) is 4.95. The van der Waals surface area contributed by atoms with Crippen LogP contribution in [0.3, 0.4) is 0 Å². The summed E-state index contributed by atoms with van der Waals surface area (Å²) in [5, 5.41) is 8.39. The second-order valence-electron chi connectivity index (χ2n) is 1.77. The molecule has 0 fully saturated rings. The number of allylic oxidation sites excluding steroid dienone is 1. The number of rotatable bonds is 2. The van der Waals surface area contributed by atoms with Crippen LogP contribution in [0.25, 0.3) is 0 Å². The van der Waals surface area contributed by atoms with E-state index in [2.05, 4.69) is 11.8 Å². The molecule has 0 saturated heterocycles. The van der Waals surface area contributed by atoms with E-state index in [-0.39, 0.29) is 6.61 Å². The Labute approximate surface area is 56.4 Å². The van der Waals surface area contributed by atoms with Crippen molar-refractivity contribution in [1.82, 2.24) is 0 Å². The summed E-state index contributed by atoms with van der Waals surface area (Å²) in [4.78, 5) is 0. The predicted octanol–water partition coefficient (Wildman–Crippen LogP) is 1.34.